The van der Waals surface area contributed by atoms with E-state index in [1.165, 1.54) is 17.2 Å². The van der Waals surface area contributed by atoms with Gasteiger partial charge in [-0.1, -0.05) is 78.6 Å². The summed E-state index contributed by atoms with van der Waals surface area (Å²) in [6.07, 6.45) is 3.55. The van der Waals surface area contributed by atoms with Gasteiger partial charge in [0.05, 0.1) is 4.70 Å². The van der Waals surface area contributed by atoms with Gasteiger partial charge in [-0.05, 0) is 66.0 Å². The third kappa shape index (κ3) is 6.18. The van der Waals surface area contributed by atoms with Crippen LogP contribution in [-0.4, -0.2) is 40.0 Å². The van der Waals surface area contributed by atoms with Crippen molar-refractivity contribution in [3.63, 3.8) is 0 Å². The summed E-state index contributed by atoms with van der Waals surface area (Å²) in [4.78, 5) is 42.3. The van der Waals surface area contributed by atoms with Gasteiger partial charge >= 0.3 is 11.0 Å². The lowest BCUT2D eigenvalue weighted by Crippen LogP contribution is -2.37. The second-order valence-corrected chi connectivity index (χ2v) is 11.2. The van der Waals surface area contributed by atoms with E-state index >= 15 is 0 Å². The summed E-state index contributed by atoms with van der Waals surface area (Å²) in [7, 11) is 0. The summed E-state index contributed by atoms with van der Waals surface area (Å²) in [6, 6.07) is 21.1. The molecule has 4 aromatic rings. The maximum absolute atomic E-state index is 13.3. The van der Waals surface area contributed by atoms with Gasteiger partial charge in [0, 0.05) is 19.0 Å². The van der Waals surface area contributed by atoms with Crippen molar-refractivity contribution in [2.45, 2.75) is 32.3 Å². The number of carbonyl (C=O) groups is 2. The zero-order valence-corrected chi connectivity index (χ0v) is 23.0. The first-order chi connectivity index (χ1) is 19.4. The van der Waals surface area contributed by atoms with Gasteiger partial charge in [-0.2, -0.15) is 0 Å². The van der Waals surface area contributed by atoms with Gasteiger partial charge in [-0.15, -0.1) is 0 Å². The lowest BCUT2D eigenvalue weighted by Gasteiger charge is -2.27. The molecule has 2 N–H and O–H groups in total. The Balaban J connectivity index is 1.32. The predicted molar refractivity (Wildman–Crippen MR) is 157 cm³/mol. The standard InChI is InChI=1S/C32H32N2O5S/c1-2-27(35)26(25-18-23-10-6-7-11-24(23)19-25)15-17-34(32(38)39-20-21-8-4-3-5-9-21)16-14-22-12-13-28(36)29-30(22)40-31(37)33-29/h2-13,25-26,36H,1,14-20H2,(H,33,37). The smallest absolute Gasteiger partial charge is 0.410 e. The summed E-state index contributed by atoms with van der Waals surface area (Å²) in [6.45, 7) is 4.56. The maximum Gasteiger partial charge on any atom is 0.410 e. The minimum absolute atomic E-state index is 0.00671. The number of ketones is 1. The van der Waals surface area contributed by atoms with Crippen LogP contribution in [0.15, 0.2) is 84.2 Å². The SMILES string of the molecule is C=CC(=O)C(CCN(CCc1ccc(O)c2[nH]c(=O)sc12)C(=O)OCc1ccccc1)C1Cc2ccccc2C1. The molecule has 1 aliphatic carbocycles. The average Bonchev–Trinajstić information content (AvgIpc) is 3.58. The van der Waals surface area contributed by atoms with E-state index < -0.39 is 6.09 Å². The summed E-state index contributed by atoms with van der Waals surface area (Å²) in [5.41, 5.74) is 4.69. The number of nitrogens with zero attached hydrogens (tertiary/aromatic N) is 1. The molecular weight excluding hydrogens is 524 g/mol. The number of hydrogen-bond donors (Lipinski definition) is 2. The Morgan fingerprint density at radius 3 is 2.45 bits per heavy atom. The molecular formula is C32H32N2O5S. The molecule has 1 aromatic heterocycles. The molecule has 1 unspecified atom stereocenters. The second kappa shape index (κ2) is 12.3. The number of amides is 1. The molecule has 206 valence electrons. The summed E-state index contributed by atoms with van der Waals surface area (Å²) >= 11 is 1.03. The van der Waals surface area contributed by atoms with Crippen molar-refractivity contribution in [3.8, 4) is 5.75 Å². The number of phenolic OH excluding ortho intramolecular Hbond substituents is 1. The van der Waals surface area contributed by atoms with Crippen LogP contribution in [-0.2, 0) is 35.4 Å². The lowest BCUT2D eigenvalue weighted by molar-refractivity contribution is -0.120. The highest BCUT2D eigenvalue weighted by Crippen LogP contribution is 2.34. The highest BCUT2D eigenvalue weighted by Gasteiger charge is 2.32. The van der Waals surface area contributed by atoms with Crippen molar-refractivity contribution in [3.05, 3.63) is 111 Å². The number of allylic oxidation sites excluding steroid dienone is 1. The predicted octanol–water partition coefficient (Wildman–Crippen LogP) is 5.65. The zero-order chi connectivity index (χ0) is 28.1. The van der Waals surface area contributed by atoms with E-state index in [1.807, 2.05) is 42.5 Å². The molecule has 0 fully saturated rings. The normalized spacial score (nSPS) is 13.6. The fourth-order valence-electron chi connectivity index (χ4n) is 5.56. The Morgan fingerprint density at radius 1 is 1.05 bits per heavy atom. The molecule has 1 aliphatic rings. The van der Waals surface area contributed by atoms with Crippen LogP contribution in [0.3, 0.4) is 0 Å². The number of thiazole rings is 1. The van der Waals surface area contributed by atoms with Gasteiger partial charge in [0.15, 0.2) is 5.78 Å². The van der Waals surface area contributed by atoms with Gasteiger partial charge in [-0.25, -0.2) is 4.79 Å². The third-order valence-corrected chi connectivity index (χ3v) is 8.64. The van der Waals surface area contributed by atoms with Gasteiger partial charge < -0.3 is 19.7 Å². The van der Waals surface area contributed by atoms with E-state index in [4.69, 9.17) is 4.74 Å². The van der Waals surface area contributed by atoms with Crippen molar-refractivity contribution < 1.29 is 19.4 Å². The average molecular weight is 557 g/mol. The number of hydrogen-bond acceptors (Lipinski definition) is 6. The molecule has 0 bridgehead atoms. The van der Waals surface area contributed by atoms with Crippen LogP contribution in [0, 0.1) is 11.8 Å². The van der Waals surface area contributed by atoms with Crippen molar-refractivity contribution >= 4 is 33.4 Å². The van der Waals surface area contributed by atoms with Crippen molar-refractivity contribution in [2.75, 3.05) is 13.1 Å². The molecule has 1 heterocycles. The van der Waals surface area contributed by atoms with E-state index in [2.05, 4.69) is 23.7 Å². The first kappa shape index (κ1) is 27.4. The molecule has 40 heavy (non-hydrogen) atoms. The van der Waals surface area contributed by atoms with E-state index in [-0.39, 0.29) is 34.8 Å². The minimum atomic E-state index is -0.458. The number of H-pyrrole nitrogens is 1. The van der Waals surface area contributed by atoms with Crippen LogP contribution >= 0.6 is 11.3 Å². The molecule has 1 atom stereocenters. The van der Waals surface area contributed by atoms with E-state index in [9.17, 15) is 19.5 Å². The number of aromatic nitrogens is 1. The number of ether oxygens (including phenoxy) is 1. The Bertz CT molecular complexity index is 1550. The zero-order valence-electron chi connectivity index (χ0n) is 22.2. The van der Waals surface area contributed by atoms with Crippen LogP contribution < -0.4 is 4.87 Å². The first-order valence-electron chi connectivity index (χ1n) is 13.4. The molecule has 0 spiro atoms. The summed E-state index contributed by atoms with van der Waals surface area (Å²) in [5.74, 6) is -0.101. The van der Waals surface area contributed by atoms with Gasteiger partial charge in [0.1, 0.15) is 17.9 Å². The Kier molecular flexibility index (Phi) is 8.45. The molecule has 8 heteroatoms. The number of rotatable bonds is 11. The van der Waals surface area contributed by atoms with E-state index in [0.29, 0.717) is 36.1 Å². The number of nitrogens with one attached hydrogen (secondary N) is 1. The van der Waals surface area contributed by atoms with Crippen LogP contribution in [0.2, 0.25) is 0 Å². The van der Waals surface area contributed by atoms with Crippen molar-refractivity contribution in [2.24, 2.45) is 11.8 Å². The van der Waals surface area contributed by atoms with Crippen molar-refractivity contribution in [1.82, 2.24) is 9.88 Å². The minimum Gasteiger partial charge on any atom is -0.506 e. The number of carbonyl (C=O) groups excluding carboxylic acids is 2. The highest BCUT2D eigenvalue weighted by molar-refractivity contribution is 7.16. The highest BCUT2D eigenvalue weighted by atomic mass is 32.1. The van der Waals surface area contributed by atoms with E-state index in [0.717, 1.165) is 35.3 Å². The Labute approximate surface area is 236 Å². The number of aromatic hydroxyl groups is 1. The fraction of sp³-hybridized carbons (Fsp3) is 0.281. The molecule has 5 rings (SSSR count). The first-order valence-corrected chi connectivity index (χ1v) is 14.3. The Morgan fingerprint density at radius 2 is 1.75 bits per heavy atom. The quantitative estimate of drug-likeness (QED) is 0.233. The van der Waals surface area contributed by atoms with Crippen LogP contribution in [0.4, 0.5) is 4.79 Å². The third-order valence-electron chi connectivity index (χ3n) is 7.68. The number of phenols is 1. The fourth-order valence-corrected chi connectivity index (χ4v) is 6.46. The lowest BCUT2D eigenvalue weighted by atomic mass is 9.83. The second-order valence-electron chi connectivity index (χ2n) is 10.2. The van der Waals surface area contributed by atoms with Gasteiger partial charge in [0.25, 0.3) is 0 Å². The topological polar surface area (TPSA) is 99.7 Å². The van der Waals surface area contributed by atoms with E-state index in [1.54, 1.807) is 17.0 Å². The molecule has 3 aromatic carbocycles. The molecule has 7 nitrogen and oxygen atoms in total. The maximum atomic E-state index is 13.3. The van der Waals surface area contributed by atoms with Crippen molar-refractivity contribution in [1.29, 1.82) is 0 Å². The van der Waals surface area contributed by atoms with Gasteiger partial charge in [0.2, 0.25) is 0 Å². The number of benzene rings is 3. The molecule has 0 aliphatic heterocycles. The molecule has 0 saturated heterocycles. The monoisotopic (exact) mass is 556 g/mol. The Hall–Kier alpha value is -4.17. The van der Waals surface area contributed by atoms with Crippen LogP contribution in [0.1, 0.15) is 28.7 Å². The van der Waals surface area contributed by atoms with Crippen LogP contribution in [0.5, 0.6) is 5.75 Å². The summed E-state index contributed by atoms with van der Waals surface area (Å²) < 4.78 is 6.35. The van der Waals surface area contributed by atoms with Crippen LogP contribution in [0.25, 0.3) is 10.2 Å². The summed E-state index contributed by atoms with van der Waals surface area (Å²) in [5, 5.41) is 10.2. The molecule has 1 amide bonds. The molecule has 0 radical (unpaired) electrons. The largest absolute Gasteiger partial charge is 0.506 e. The molecule has 0 saturated carbocycles. The number of fused-ring (bicyclic) bond motifs is 2. The number of aromatic amines is 1. The van der Waals surface area contributed by atoms with Gasteiger partial charge in [-0.3, -0.25) is 9.59 Å².